The molecule has 30 heavy (non-hydrogen) atoms. The minimum absolute atomic E-state index is 0.0551. The van der Waals surface area contributed by atoms with E-state index in [4.69, 9.17) is 4.42 Å². The van der Waals surface area contributed by atoms with Gasteiger partial charge in [0, 0.05) is 48.2 Å². The standard InChI is InChI=1S/C25H32N2O3/c1-3-5-7-17(4-2)24(28)26-21-9-6-8-19(14-21)23-15-20-16-27(13-12-22(20)30-23)25(29)18-10-11-18/h6,8-9,14-15,17-18H,3-5,7,10-13,16H2,1-2H3,(H,26,28)/t17-/m1/s1. The van der Waals surface area contributed by atoms with Crippen molar-refractivity contribution in [3.63, 3.8) is 0 Å². The van der Waals surface area contributed by atoms with Gasteiger partial charge < -0.3 is 14.6 Å². The van der Waals surface area contributed by atoms with E-state index in [2.05, 4.69) is 25.2 Å². The van der Waals surface area contributed by atoms with Gasteiger partial charge in [-0.2, -0.15) is 0 Å². The molecule has 1 N–H and O–H groups in total. The Labute approximate surface area is 178 Å². The number of hydrogen-bond donors (Lipinski definition) is 1. The molecule has 1 fully saturated rings. The Morgan fingerprint density at radius 3 is 2.80 bits per heavy atom. The maximum atomic E-state index is 12.6. The maximum Gasteiger partial charge on any atom is 0.227 e. The number of amides is 2. The van der Waals surface area contributed by atoms with Crippen molar-refractivity contribution >= 4 is 17.5 Å². The molecule has 1 aliphatic heterocycles. The molecule has 2 aromatic rings. The Morgan fingerprint density at radius 2 is 2.07 bits per heavy atom. The van der Waals surface area contributed by atoms with Gasteiger partial charge in [-0.1, -0.05) is 38.8 Å². The number of benzene rings is 1. The fourth-order valence-corrected chi connectivity index (χ4v) is 4.22. The van der Waals surface area contributed by atoms with E-state index >= 15 is 0 Å². The summed E-state index contributed by atoms with van der Waals surface area (Å²) in [5.41, 5.74) is 2.85. The smallest absolute Gasteiger partial charge is 0.227 e. The van der Waals surface area contributed by atoms with Crippen LogP contribution in [0.5, 0.6) is 0 Å². The lowest BCUT2D eigenvalue weighted by Crippen LogP contribution is -2.36. The Kier molecular flexibility index (Phi) is 6.26. The first kappa shape index (κ1) is 20.7. The minimum atomic E-state index is 0.0551. The van der Waals surface area contributed by atoms with Gasteiger partial charge in [-0.3, -0.25) is 9.59 Å². The Hall–Kier alpha value is -2.56. The summed E-state index contributed by atoms with van der Waals surface area (Å²) in [5.74, 6) is 2.47. The monoisotopic (exact) mass is 408 g/mol. The summed E-state index contributed by atoms with van der Waals surface area (Å²) in [4.78, 5) is 27.0. The van der Waals surface area contributed by atoms with Crippen LogP contribution in [0.1, 0.15) is 63.7 Å². The summed E-state index contributed by atoms with van der Waals surface area (Å²) < 4.78 is 6.13. The van der Waals surface area contributed by atoms with Gasteiger partial charge in [-0.15, -0.1) is 0 Å². The molecule has 1 aliphatic carbocycles. The van der Waals surface area contributed by atoms with Crippen molar-refractivity contribution in [2.24, 2.45) is 11.8 Å². The van der Waals surface area contributed by atoms with Crippen LogP contribution in [-0.2, 0) is 22.6 Å². The lowest BCUT2D eigenvalue weighted by atomic mass is 9.98. The summed E-state index contributed by atoms with van der Waals surface area (Å²) in [6.07, 6.45) is 6.80. The quantitative estimate of drug-likeness (QED) is 0.636. The molecule has 4 rings (SSSR count). The fraction of sp³-hybridized carbons (Fsp3) is 0.520. The fourth-order valence-electron chi connectivity index (χ4n) is 4.22. The van der Waals surface area contributed by atoms with Crippen LogP contribution in [0, 0.1) is 11.8 Å². The Bertz CT molecular complexity index is 913. The number of fused-ring (bicyclic) bond motifs is 1. The highest BCUT2D eigenvalue weighted by atomic mass is 16.3. The predicted molar refractivity (Wildman–Crippen MR) is 118 cm³/mol. The van der Waals surface area contributed by atoms with E-state index in [-0.39, 0.29) is 17.7 Å². The summed E-state index contributed by atoms with van der Waals surface area (Å²) in [5, 5.41) is 3.08. The first-order valence-corrected chi connectivity index (χ1v) is 11.4. The number of anilines is 1. The molecule has 0 bridgehead atoms. The number of nitrogens with zero attached hydrogens (tertiary/aromatic N) is 1. The summed E-state index contributed by atoms with van der Waals surface area (Å²) >= 11 is 0. The van der Waals surface area contributed by atoms with Crippen LogP contribution >= 0.6 is 0 Å². The molecule has 2 aliphatic rings. The molecule has 0 spiro atoms. The van der Waals surface area contributed by atoms with E-state index in [1.165, 1.54) is 0 Å². The topological polar surface area (TPSA) is 62.6 Å². The van der Waals surface area contributed by atoms with Crippen molar-refractivity contribution in [3.8, 4) is 11.3 Å². The van der Waals surface area contributed by atoms with Gasteiger partial charge in [0.1, 0.15) is 11.5 Å². The molecular formula is C25H32N2O3. The van der Waals surface area contributed by atoms with E-state index in [1.54, 1.807) is 0 Å². The number of carbonyl (C=O) groups is 2. The van der Waals surface area contributed by atoms with Crippen molar-refractivity contribution in [1.29, 1.82) is 0 Å². The average molecular weight is 409 g/mol. The van der Waals surface area contributed by atoms with Crippen molar-refractivity contribution in [2.75, 3.05) is 11.9 Å². The Balaban J connectivity index is 1.45. The van der Waals surface area contributed by atoms with E-state index in [0.717, 1.165) is 79.8 Å². The molecule has 0 unspecified atom stereocenters. The van der Waals surface area contributed by atoms with Gasteiger partial charge in [0.05, 0.1) is 0 Å². The van der Waals surface area contributed by atoms with Crippen LogP contribution in [0.4, 0.5) is 5.69 Å². The highest BCUT2D eigenvalue weighted by molar-refractivity contribution is 5.93. The van der Waals surface area contributed by atoms with Gasteiger partial charge in [-0.25, -0.2) is 0 Å². The highest BCUT2D eigenvalue weighted by Gasteiger charge is 2.35. The molecule has 1 atom stereocenters. The third kappa shape index (κ3) is 4.61. The molecular weight excluding hydrogens is 376 g/mol. The number of furan rings is 1. The molecule has 2 amide bonds. The van der Waals surface area contributed by atoms with E-state index in [0.29, 0.717) is 12.5 Å². The van der Waals surface area contributed by atoms with Crippen LogP contribution in [0.15, 0.2) is 34.7 Å². The van der Waals surface area contributed by atoms with Crippen LogP contribution in [-0.4, -0.2) is 23.3 Å². The third-order valence-corrected chi connectivity index (χ3v) is 6.29. The zero-order valence-corrected chi connectivity index (χ0v) is 18.1. The zero-order chi connectivity index (χ0) is 21.1. The number of hydrogen-bond acceptors (Lipinski definition) is 3. The van der Waals surface area contributed by atoms with Gasteiger partial charge in [0.25, 0.3) is 0 Å². The van der Waals surface area contributed by atoms with Crippen LogP contribution < -0.4 is 5.32 Å². The van der Waals surface area contributed by atoms with Crippen molar-refractivity contribution < 1.29 is 14.0 Å². The van der Waals surface area contributed by atoms with Crippen molar-refractivity contribution in [2.45, 2.75) is 65.3 Å². The lowest BCUT2D eigenvalue weighted by Gasteiger charge is -2.26. The summed E-state index contributed by atoms with van der Waals surface area (Å²) in [6, 6.07) is 9.90. The summed E-state index contributed by atoms with van der Waals surface area (Å²) in [7, 11) is 0. The number of nitrogens with one attached hydrogen (secondary N) is 1. The second-order valence-electron chi connectivity index (χ2n) is 8.66. The molecule has 0 radical (unpaired) electrons. The molecule has 1 saturated carbocycles. The predicted octanol–water partition coefficient (Wildman–Crippen LogP) is 5.40. The second kappa shape index (κ2) is 9.07. The number of unbranched alkanes of at least 4 members (excludes halogenated alkanes) is 1. The second-order valence-corrected chi connectivity index (χ2v) is 8.66. The zero-order valence-electron chi connectivity index (χ0n) is 18.1. The van der Waals surface area contributed by atoms with Gasteiger partial charge in [-0.05, 0) is 43.9 Å². The third-order valence-electron chi connectivity index (χ3n) is 6.29. The first-order chi connectivity index (χ1) is 14.6. The summed E-state index contributed by atoms with van der Waals surface area (Å²) in [6.45, 7) is 5.60. The molecule has 1 aromatic heterocycles. The van der Waals surface area contributed by atoms with Crippen molar-refractivity contribution in [3.05, 3.63) is 41.7 Å². The van der Waals surface area contributed by atoms with Crippen LogP contribution in [0.3, 0.4) is 0 Å². The SMILES string of the molecule is CCCC[C@@H](CC)C(=O)Nc1cccc(-c2cc3c(o2)CCN(C(=O)C2CC2)C3)c1. The molecule has 2 heterocycles. The van der Waals surface area contributed by atoms with Crippen LogP contribution in [0.2, 0.25) is 0 Å². The molecule has 1 aromatic carbocycles. The molecule has 160 valence electrons. The van der Waals surface area contributed by atoms with Gasteiger partial charge in [0.15, 0.2) is 0 Å². The van der Waals surface area contributed by atoms with E-state index in [1.807, 2.05) is 29.2 Å². The lowest BCUT2D eigenvalue weighted by molar-refractivity contribution is -0.133. The van der Waals surface area contributed by atoms with Crippen LogP contribution in [0.25, 0.3) is 11.3 Å². The first-order valence-electron chi connectivity index (χ1n) is 11.4. The highest BCUT2D eigenvalue weighted by Crippen LogP contribution is 2.35. The Morgan fingerprint density at radius 1 is 1.23 bits per heavy atom. The molecule has 5 heteroatoms. The van der Waals surface area contributed by atoms with E-state index < -0.39 is 0 Å². The number of carbonyl (C=O) groups excluding carboxylic acids is 2. The maximum absolute atomic E-state index is 12.6. The number of rotatable bonds is 8. The van der Waals surface area contributed by atoms with E-state index in [9.17, 15) is 9.59 Å². The van der Waals surface area contributed by atoms with Gasteiger partial charge in [0.2, 0.25) is 11.8 Å². The van der Waals surface area contributed by atoms with Crippen molar-refractivity contribution in [1.82, 2.24) is 4.90 Å². The molecule has 0 saturated heterocycles. The molecule has 5 nitrogen and oxygen atoms in total. The normalized spacial score (nSPS) is 16.8. The minimum Gasteiger partial charge on any atom is -0.461 e. The average Bonchev–Trinajstić information content (AvgIpc) is 3.52. The largest absolute Gasteiger partial charge is 0.461 e. The van der Waals surface area contributed by atoms with Gasteiger partial charge >= 0.3 is 0 Å².